The van der Waals surface area contributed by atoms with Crippen LogP contribution in [0.1, 0.15) is 69.9 Å². The molecule has 6 nitrogen and oxygen atoms in total. The van der Waals surface area contributed by atoms with Gasteiger partial charge >= 0.3 is 0 Å². The van der Waals surface area contributed by atoms with E-state index in [1.165, 1.54) is 0 Å². The minimum Gasteiger partial charge on any atom is -0.454 e. The molecule has 0 spiro atoms. The highest BCUT2D eigenvalue weighted by Gasteiger charge is 2.49. The fraction of sp³-hybridized carbons (Fsp3) is 0.696. The zero-order valence-electron chi connectivity index (χ0n) is 17.5. The van der Waals surface area contributed by atoms with Crippen LogP contribution in [0.3, 0.4) is 0 Å². The highest BCUT2D eigenvalue weighted by Crippen LogP contribution is 2.50. The number of likely N-dealkylation sites (tertiary alicyclic amines) is 1. The summed E-state index contributed by atoms with van der Waals surface area (Å²) in [6.07, 6.45) is 8.11. The normalized spacial score (nSPS) is 28.8. The van der Waals surface area contributed by atoms with Gasteiger partial charge < -0.3 is 19.9 Å². The molecular weight excluding hydrogens is 368 g/mol. The third-order valence-corrected chi connectivity index (χ3v) is 6.86. The van der Waals surface area contributed by atoms with Crippen molar-refractivity contribution in [1.82, 2.24) is 10.2 Å². The van der Waals surface area contributed by atoms with Crippen molar-refractivity contribution < 1.29 is 19.4 Å². The molecule has 2 aliphatic heterocycles. The molecule has 6 heteroatoms. The minimum atomic E-state index is -0.632. The number of nitrogens with zero attached hydrogens (tertiary/aromatic N) is 1. The zero-order chi connectivity index (χ0) is 20.3. The largest absolute Gasteiger partial charge is 0.454 e. The molecule has 1 saturated heterocycles. The van der Waals surface area contributed by atoms with Crippen LogP contribution in [0.15, 0.2) is 18.2 Å². The topological polar surface area (TPSA) is 71.0 Å². The van der Waals surface area contributed by atoms with Gasteiger partial charge in [-0.25, -0.2) is 0 Å². The Bertz CT molecular complexity index is 725. The van der Waals surface area contributed by atoms with Crippen LogP contribution in [0.2, 0.25) is 0 Å². The van der Waals surface area contributed by atoms with E-state index in [9.17, 15) is 9.90 Å². The summed E-state index contributed by atoms with van der Waals surface area (Å²) in [6, 6.07) is 6.09. The van der Waals surface area contributed by atoms with Crippen molar-refractivity contribution in [3.8, 4) is 11.5 Å². The van der Waals surface area contributed by atoms with Crippen LogP contribution in [-0.4, -0.2) is 47.9 Å². The van der Waals surface area contributed by atoms with Crippen molar-refractivity contribution in [1.29, 1.82) is 0 Å². The second-order valence-electron chi connectivity index (χ2n) is 8.79. The second kappa shape index (κ2) is 8.92. The number of carbonyl (C=O) groups excluding carboxylic acids is 1. The van der Waals surface area contributed by atoms with Gasteiger partial charge in [-0.1, -0.05) is 38.7 Å². The number of ether oxygens (including phenoxy) is 2. The van der Waals surface area contributed by atoms with Crippen molar-refractivity contribution in [2.45, 2.75) is 69.9 Å². The molecule has 2 N–H and O–H groups in total. The highest BCUT2D eigenvalue weighted by molar-refractivity contribution is 5.78. The van der Waals surface area contributed by atoms with Gasteiger partial charge in [0, 0.05) is 25.0 Å². The maximum Gasteiger partial charge on any atom is 0.234 e. The molecule has 160 valence electrons. The Morgan fingerprint density at radius 1 is 1.24 bits per heavy atom. The van der Waals surface area contributed by atoms with E-state index in [1.807, 2.05) is 12.1 Å². The number of benzene rings is 1. The van der Waals surface area contributed by atoms with Gasteiger partial charge in [-0.2, -0.15) is 0 Å². The summed E-state index contributed by atoms with van der Waals surface area (Å²) < 4.78 is 11.1. The number of fused-ring (bicyclic) bond motifs is 2. The second-order valence-corrected chi connectivity index (χ2v) is 8.79. The number of hydrogen-bond donors (Lipinski definition) is 2. The van der Waals surface area contributed by atoms with Crippen LogP contribution in [0.25, 0.3) is 0 Å². The summed E-state index contributed by atoms with van der Waals surface area (Å²) in [5.41, 5.74) is 0.478. The number of aliphatic hydroxyl groups is 1. The molecule has 1 saturated carbocycles. The lowest BCUT2D eigenvalue weighted by molar-refractivity contribution is -0.137. The smallest absolute Gasteiger partial charge is 0.234 e. The molecule has 29 heavy (non-hydrogen) atoms. The van der Waals surface area contributed by atoms with Crippen molar-refractivity contribution in [2.75, 3.05) is 26.4 Å². The van der Waals surface area contributed by atoms with Gasteiger partial charge in [0.05, 0.1) is 12.1 Å². The summed E-state index contributed by atoms with van der Waals surface area (Å²) in [5.74, 6) is 1.74. The van der Waals surface area contributed by atoms with Gasteiger partial charge in [0.1, 0.15) is 0 Å². The minimum absolute atomic E-state index is 0.0185. The molecule has 3 atom stereocenters. The monoisotopic (exact) mass is 402 g/mol. The Morgan fingerprint density at radius 2 is 2.10 bits per heavy atom. The molecule has 0 bridgehead atoms. The summed E-state index contributed by atoms with van der Waals surface area (Å²) in [5, 5.41) is 14.5. The molecule has 4 rings (SSSR count). The van der Waals surface area contributed by atoms with E-state index in [0.717, 1.165) is 81.5 Å². The Hall–Kier alpha value is -1.79. The van der Waals surface area contributed by atoms with Gasteiger partial charge in [-0.05, 0) is 43.4 Å². The van der Waals surface area contributed by atoms with E-state index in [-0.39, 0.29) is 24.7 Å². The quantitative estimate of drug-likeness (QED) is 0.684. The van der Waals surface area contributed by atoms with Crippen molar-refractivity contribution in [3.63, 3.8) is 0 Å². The third kappa shape index (κ3) is 4.38. The molecule has 0 aromatic heterocycles. The van der Waals surface area contributed by atoms with Crippen LogP contribution in [0.4, 0.5) is 0 Å². The first-order chi connectivity index (χ1) is 14.1. The predicted molar refractivity (Wildman–Crippen MR) is 111 cm³/mol. The SMILES string of the molecule is CCCCCNC(=O)CN1CC[C@]2(O)CCCC[C@H]2[C@@H]1c1ccc2c(c1)OCO2. The number of nitrogens with one attached hydrogen (secondary N) is 1. The lowest BCUT2D eigenvalue weighted by atomic mass is 9.66. The summed E-state index contributed by atoms with van der Waals surface area (Å²) in [7, 11) is 0. The van der Waals surface area contributed by atoms with Gasteiger partial charge in [-0.3, -0.25) is 9.69 Å². The van der Waals surface area contributed by atoms with Gasteiger partial charge in [0.15, 0.2) is 11.5 Å². The standard InChI is InChI=1S/C23H34N2O4/c1-2-3-6-12-24-21(26)15-25-13-11-23(27)10-5-4-7-18(23)22(25)17-8-9-19-20(14-17)29-16-28-19/h8-9,14,18,22,27H,2-7,10-13,15-16H2,1H3,(H,24,26)/t18-,22-,23+/m0/s1. The Balaban J connectivity index is 1.54. The van der Waals surface area contributed by atoms with E-state index in [0.29, 0.717) is 6.54 Å². The average Bonchev–Trinajstić information content (AvgIpc) is 3.19. The van der Waals surface area contributed by atoms with Crippen molar-refractivity contribution in [2.24, 2.45) is 5.92 Å². The molecule has 1 aliphatic carbocycles. The molecule has 3 aliphatic rings. The van der Waals surface area contributed by atoms with E-state index >= 15 is 0 Å². The zero-order valence-corrected chi connectivity index (χ0v) is 17.5. The van der Waals surface area contributed by atoms with Crippen LogP contribution >= 0.6 is 0 Å². The van der Waals surface area contributed by atoms with Crippen LogP contribution in [-0.2, 0) is 4.79 Å². The van der Waals surface area contributed by atoms with E-state index < -0.39 is 5.60 Å². The van der Waals surface area contributed by atoms with Gasteiger partial charge in [0.2, 0.25) is 12.7 Å². The fourth-order valence-electron chi connectivity index (χ4n) is 5.30. The first-order valence-corrected chi connectivity index (χ1v) is 11.2. The molecule has 1 aromatic rings. The number of piperidine rings is 1. The summed E-state index contributed by atoms with van der Waals surface area (Å²) in [4.78, 5) is 14.9. The fourth-order valence-corrected chi connectivity index (χ4v) is 5.30. The number of carbonyl (C=O) groups is 1. The lowest BCUT2D eigenvalue weighted by Crippen LogP contribution is -2.56. The Morgan fingerprint density at radius 3 is 2.97 bits per heavy atom. The molecule has 1 aromatic carbocycles. The summed E-state index contributed by atoms with van der Waals surface area (Å²) >= 11 is 0. The van der Waals surface area contributed by atoms with E-state index in [2.05, 4.69) is 23.2 Å². The average molecular weight is 403 g/mol. The Labute approximate surface area is 173 Å². The number of rotatable bonds is 7. The maximum absolute atomic E-state index is 12.6. The first-order valence-electron chi connectivity index (χ1n) is 11.2. The van der Waals surface area contributed by atoms with Crippen LogP contribution in [0, 0.1) is 5.92 Å². The predicted octanol–water partition coefficient (Wildman–Crippen LogP) is 3.39. The van der Waals surface area contributed by atoms with Crippen molar-refractivity contribution in [3.05, 3.63) is 23.8 Å². The molecule has 2 heterocycles. The third-order valence-electron chi connectivity index (χ3n) is 6.86. The Kier molecular flexibility index (Phi) is 6.30. The lowest BCUT2D eigenvalue weighted by Gasteiger charge is -2.52. The molecular formula is C23H34N2O4. The van der Waals surface area contributed by atoms with Gasteiger partial charge in [-0.15, -0.1) is 0 Å². The first kappa shape index (κ1) is 20.5. The summed E-state index contributed by atoms with van der Waals surface area (Å²) in [6.45, 7) is 4.26. The molecule has 0 unspecified atom stereocenters. The highest BCUT2D eigenvalue weighted by atomic mass is 16.7. The number of amides is 1. The number of unbranched alkanes of at least 4 members (excludes halogenated alkanes) is 2. The molecule has 0 radical (unpaired) electrons. The maximum atomic E-state index is 12.6. The molecule has 2 fully saturated rings. The van der Waals surface area contributed by atoms with E-state index in [4.69, 9.17) is 9.47 Å². The van der Waals surface area contributed by atoms with E-state index in [1.54, 1.807) is 0 Å². The van der Waals surface area contributed by atoms with Crippen LogP contribution < -0.4 is 14.8 Å². The number of hydrogen-bond acceptors (Lipinski definition) is 5. The van der Waals surface area contributed by atoms with Crippen LogP contribution in [0.5, 0.6) is 11.5 Å². The van der Waals surface area contributed by atoms with Crippen molar-refractivity contribution >= 4 is 5.91 Å². The molecule has 1 amide bonds. The van der Waals surface area contributed by atoms with Gasteiger partial charge in [0.25, 0.3) is 0 Å².